The molecule has 1 fully saturated rings. The van der Waals surface area contributed by atoms with Crippen LogP contribution in [0.15, 0.2) is 0 Å². The Bertz CT molecular complexity index is 217. The van der Waals surface area contributed by atoms with Crippen molar-refractivity contribution in [1.29, 1.82) is 0 Å². The predicted octanol–water partition coefficient (Wildman–Crippen LogP) is 5.55. The molecule has 3 heteroatoms. The lowest BCUT2D eigenvalue weighted by molar-refractivity contribution is 0.483. The van der Waals surface area contributed by atoms with Crippen LogP contribution in [-0.2, 0) is 4.12 Å². The Labute approximate surface area is 111 Å². The summed E-state index contributed by atoms with van der Waals surface area (Å²) in [4.78, 5) is 0. The molecule has 0 unspecified atom stereocenters. The molecule has 0 amide bonds. The van der Waals surface area contributed by atoms with Gasteiger partial charge in [0.25, 0.3) is 0 Å². The molecule has 0 aromatic rings. The lowest BCUT2D eigenvalue weighted by Crippen LogP contribution is -2.50. The minimum atomic E-state index is -1.49. The van der Waals surface area contributed by atoms with Crippen LogP contribution in [-0.4, -0.2) is 16.6 Å². The van der Waals surface area contributed by atoms with Crippen LogP contribution in [0.2, 0.25) is 34.3 Å². The van der Waals surface area contributed by atoms with Crippen molar-refractivity contribution in [1.82, 2.24) is 0 Å². The van der Waals surface area contributed by atoms with Crippen molar-refractivity contribution in [2.75, 3.05) is 0 Å². The largest absolute Gasteiger partial charge is 0.454 e. The van der Waals surface area contributed by atoms with Crippen LogP contribution in [0.3, 0.4) is 0 Å². The van der Waals surface area contributed by atoms with Gasteiger partial charge in [-0.05, 0) is 34.3 Å². The van der Waals surface area contributed by atoms with E-state index < -0.39 is 16.6 Å². The van der Waals surface area contributed by atoms with Crippen LogP contribution in [0, 0.1) is 0 Å². The van der Waals surface area contributed by atoms with E-state index in [9.17, 15) is 0 Å². The quantitative estimate of drug-likeness (QED) is 0.610. The Balaban J connectivity index is 3.06. The van der Waals surface area contributed by atoms with Gasteiger partial charge in [0.15, 0.2) is 16.6 Å². The fourth-order valence-electron chi connectivity index (χ4n) is 3.81. The fourth-order valence-corrected chi connectivity index (χ4v) is 19.3. The van der Waals surface area contributed by atoms with Crippen LogP contribution < -0.4 is 0 Å². The van der Waals surface area contributed by atoms with Crippen molar-refractivity contribution in [2.45, 2.75) is 89.6 Å². The summed E-state index contributed by atoms with van der Waals surface area (Å²) >= 11 is 0. The van der Waals surface area contributed by atoms with Gasteiger partial charge in [0.05, 0.1) is 0 Å². The van der Waals surface area contributed by atoms with Crippen LogP contribution in [0.5, 0.6) is 0 Å². The Hall–Kier alpha value is 0.394. The Morgan fingerprint density at radius 1 is 0.588 bits per heavy atom. The molecular weight excluding hydrogens is 240 g/mol. The summed E-state index contributed by atoms with van der Waals surface area (Å²) in [7, 11) is -2.97. The van der Waals surface area contributed by atoms with Crippen molar-refractivity contribution in [3.05, 3.63) is 0 Å². The Kier molecular flexibility index (Phi) is 4.71. The number of hydrogen-bond donors (Lipinski definition) is 0. The topological polar surface area (TPSA) is 9.23 Å². The van der Waals surface area contributed by atoms with E-state index in [0.717, 1.165) is 22.2 Å². The fraction of sp³-hybridized carbons (Fsp3) is 1.00. The molecule has 0 saturated carbocycles. The van der Waals surface area contributed by atoms with Crippen LogP contribution in [0.1, 0.15) is 55.4 Å². The first kappa shape index (κ1) is 15.5. The van der Waals surface area contributed by atoms with Gasteiger partial charge in [-0.25, -0.2) is 0 Å². The maximum atomic E-state index is 7.06. The van der Waals surface area contributed by atoms with Crippen molar-refractivity contribution in [2.24, 2.45) is 0 Å². The molecule has 1 aliphatic rings. The molecule has 1 heterocycles. The first-order valence-electron chi connectivity index (χ1n) is 7.39. The van der Waals surface area contributed by atoms with E-state index in [4.69, 9.17) is 4.12 Å². The van der Waals surface area contributed by atoms with Gasteiger partial charge in [-0.1, -0.05) is 55.4 Å². The zero-order chi connectivity index (χ0) is 13.4. The molecule has 1 saturated heterocycles. The van der Waals surface area contributed by atoms with Crippen molar-refractivity contribution >= 4 is 16.6 Å². The Morgan fingerprint density at radius 3 is 0.941 bits per heavy atom. The number of rotatable bonds is 4. The van der Waals surface area contributed by atoms with Gasteiger partial charge in [-0.15, -0.1) is 0 Å². The van der Waals surface area contributed by atoms with E-state index in [-0.39, 0.29) is 0 Å². The first-order chi connectivity index (χ1) is 7.69. The zero-order valence-electron chi connectivity index (χ0n) is 13.1. The summed E-state index contributed by atoms with van der Waals surface area (Å²) in [5, 5.41) is 0. The predicted molar refractivity (Wildman–Crippen MR) is 82.6 cm³/mol. The van der Waals surface area contributed by atoms with Gasteiger partial charge in [0.2, 0.25) is 0 Å². The van der Waals surface area contributed by atoms with Crippen LogP contribution in [0.4, 0.5) is 0 Å². The second-order valence-electron chi connectivity index (χ2n) is 7.13. The molecule has 1 rings (SSSR count). The van der Waals surface area contributed by atoms with E-state index >= 15 is 0 Å². The minimum Gasteiger partial charge on any atom is -0.454 e. The molecule has 0 spiro atoms. The maximum Gasteiger partial charge on any atom is 0.184 e. The summed E-state index contributed by atoms with van der Waals surface area (Å²) in [6.07, 6.45) is 0. The minimum absolute atomic E-state index is 0.773. The molecule has 0 aromatic heterocycles. The number of hydrogen-bond acceptors (Lipinski definition) is 1. The van der Waals surface area contributed by atoms with Crippen molar-refractivity contribution in [3.63, 3.8) is 0 Å². The molecule has 0 radical (unpaired) electrons. The van der Waals surface area contributed by atoms with Gasteiger partial charge in [0.1, 0.15) is 0 Å². The van der Waals surface area contributed by atoms with Gasteiger partial charge in [0, 0.05) is 0 Å². The monoisotopic (exact) mass is 272 g/mol. The lowest BCUT2D eigenvalue weighted by Gasteiger charge is -2.42. The smallest absolute Gasteiger partial charge is 0.184 e. The molecule has 0 atom stereocenters. The van der Waals surface area contributed by atoms with E-state index in [1.54, 1.807) is 0 Å². The molecule has 102 valence electrons. The van der Waals surface area contributed by atoms with Crippen LogP contribution >= 0.6 is 0 Å². The first-order valence-corrected chi connectivity index (χ1v) is 11.9. The lowest BCUT2D eigenvalue weighted by atomic mass is 10.5. The third-order valence-corrected chi connectivity index (χ3v) is 18.6. The van der Waals surface area contributed by atoms with Crippen LogP contribution in [0.25, 0.3) is 0 Å². The molecule has 0 N–H and O–H groups in total. The zero-order valence-corrected chi connectivity index (χ0v) is 15.1. The molecule has 0 aromatic carbocycles. The van der Waals surface area contributed by atoms with Crippen molar-refractivity contribution in [3.8, 4) is 0 Å². The van der Waals surface area contributed by atoms with E-state index in [2.05, 4.69) is 55.4 Å². The van der Waals surface area contributed by atoms with Gasteiger partial charge in [-0.2, -0.15) is 0 Å². The molecule has 17 heavy (non-hydrogen) atoms. The molecular formula is C14H32OSi2. The van der Waals surface area contributed by atoms with Crippen molar-refractivity contribution < 1.29 is 4.12 Å². The summed E-state index contributed by atoms with van der Waals surface area (Å²) in [6.45, 7) is 19.2. The molecule has 1 nitrogen and oxygen atoms in total. The second-order valence-corrected chi connectivity index (χ2v) is 17.4. The molecule has 0 bridgehead atoms. The summed E-state index contributed by atoms with van der Waals surface area (Å²) < 4.78 is 7.06. The standard InChI is InChI=1S/C14H32OSi2/c1-11(2)16(12(3)4)9-10-17(15-16,13(5)6)14(7)8/h11-14H,9-10H2,1-8H3. The molecule has 0 aliphatic carbocycles. The average molecular weight is 273 g/mol. The normalized spacial score (nSPS) is 23.3. The SMILES string of the molecule is CC(C)[Si]1(C(C)C)CC[Si](C(C)C)(C(C)C)O1. The molecule has 1 aliphatic heterocycles. The Morgan fingerprint density at radius 2 is 0.824 bits per heavy atom. The highest BCUT2D eigenvalue weighted by atomic mass is 28.4. The summed E-state index contributed by atoms with van der Waals surface area (Å²) in [6, 6.07) is 2.84. The summed E-state index contributed by atoms with van der Waals surface area (Å²) in [5.74, 6) is 0. The second kappa shape index (κ2) is 5.18. The van der Waals surface area contributed by atoms with E-state index in [0.29, 0.717) is 0 Å². The van der Waals surface area contributed by atoms with E-state index in [1.807, 2.05) is 0 Å². The van der Waals surface area contributed by atoms with Gasteiger partial charge >= 0.3 is 0 Å². The highest BCUT2D eigenvalue weighted by Crippen LogP contribution is 2.53. The van der Waals surface area contributed by atoms with Gasteiger partial charge < -0.3 is 4.12 Å². The summed E-state index contributed by atoms with van der Waals surface area (Å²) in [5.41, 5.74) is 3.09. The third-order valence-electron chi connectivity index (χ3n) is 5.20. The average Bonchev–Trinajstić information content (AvgIpc) is 2.59. The maximum absolute atomic E-state index is 7.06. The van der Waals surface area contributed by atoms with E-state index in [1.165, 1.54) is 12.1 Å². The highest BCUT2D eigenvalue weighted by molar-refractivity contribution is 6.94. The van der Waals surface area contributed by atoms with Gasteiger partial charge in [-0.3, -0.25) is 0 Å². The third kappa shape index (κ3) is 2.43. The highest BCUT2D eigenvalue weighted by Gasteiger charge is 2.57.